The topological polar surface area (TPSA) is 38.2 Å². The number of halogens is 1. The van der Waals surface area contributed by atoms with Crippen LogP contribution in [-0.2, 0) is 6.54 Å². The SMILES string of the molecule is CN1Cc2cnc(Cl)nc2OC(c2ccccc2)C1. The standard InChI is InChI=1S/C14H14ClN3O/c1-18-8-11-7-16-14(15)17-13(11)19-12(9-18)10-5-3-2-4-6-10/h2-7,12H,8-9H2,1H3. The molecule has 3 rings (SSSR count). The molecule has 0 aliphatic carbocycles. The second kappa shape index (κ2) is 5.15. The van der Waals surface area contributed by atoms with Crippen LogP contribution in [0.5, 0.6) is 5.88 Å². The average molecular weight is 276 g/mol. The normalized spacial score (nSPS) is 19.4. The minimum atomic E-state index is -0.0431. The molecule has 1 aromatic heterocycles. The van der Waals surface area contributed by atoms with E-state index in [1.165, 1.54) is 0 Å². The van der Waals surface area contributed by atoms with Gasteiger partial charge >= 0.3 is 0 Å². The van der Waals surface area contributed by atoms with Gasteiger partial charge in [0.2, 0.25) is 11.2 Å². The van der Waals surface area contributed by atoms with Crippen molar-refractivity contribution in [1.82, 2.24) is 14.9 Å². The molecule has 19 heavy (non-hydrogen) atoms. The van der Waals surface area contributed by atoms with Crippen LogP contribution in [0.2, 0.25) is 5.28 Å². The van der Waals surface area contributed by atoms with Crippen LogP contribution in [-0.4, -0.2) is 28.5 Å². The van der Waals surface area contributed by atoms with Crippen LogP contribution in [0.25, 0.3) is 0 Å². The summed E-state index contributed by atoms with van der Waals surface area (Å²) in [5.74, 6) is 0.582. The minimum Gasteiger partial charge on any atom is -0.468 e. The van der Waals surface area contributed by atoms with Crippen molar-refractivity contribution in [1.29, 1.82) is 0 Å². The van der Waals surface area contributed by atoms with Gasteiger partial charge in [0.05, 0.1) is 0 Å². The summed E-state index contributed by atoms with van der Waals surface area (Å²) < 4.78 is 6.02. The van der Waals surface area contributed by atoms with Gasteiger partial charge in [-0.25, -0.2) is 4.98 Å². The molecule has 1 aliphatic heterocycles. The first-order chi connectivity index (χ1) is 9.22. The van der Waals surface area contributed by atoms with Gasteiger partial charge in [-0.15, -0.1) is 0 Å². The molecule has 4 nitrogen and oxygen atoms in total. The Hall–Kier alpha value is -1.65. The van der Waals surface area contributed by atoms with Gasteiger partial charge in [-0.1, -0.05) is 30.3 Å². The number of rotatable bonds is 1. The molecule has 98 valence electrons. The highest BCUT2D eigenvalue weighted by Gasteiger charge is 2.23. The molecule has 1 aromatic carbocycles. The predicted molar refractivity (Wildman–Crippen MR) is 73.2 cm³/mol. The molecular weight excluding hydrogens is 262 g/mol. The second-order valence-electron chi connectivity index (χ2n) is 4.68. The van der Waals surface area contributed by atoms with Gasteiger partial charge in [0.1, 0.15) is 6.10 Å². The number of benzene rings is 1. The summed E-state index contributed by atoms with van der Waals surface area (Å²) in [5, 5.41) is 0.218. The maximum absolute atomic E-state index is 6.02. The van der Waals surface area contributed by atoms with E-state index in [2.05, 4.69) is 34.0 Å². The van der Waals surface area contributed by atoms with E-state index in [-0.39, 0.29) is 11.4 Å². The van der Waals surface area contributed by atoms with E-state index in [1.54, 1.807) is 6.20 Å². The zero-order chi connectivity index (χ0) is 13.2. The van der Waals surface area contributed by atoms with Crippen LogP contribution in [0, 0.1) is 0 Å². The van der Waals surface area contributed by atoms with E-state index in [0.29, 0.717) is 5.88 Å². The number of hydrogen-bond acceptors (Lipinski definition) is 4. The molecule has 1 unspecified atom stereocenters. The number of hydrogen-bond donors (Lipinski definition) is 0. The Morgan fingerprint density at radius 2 is 2.11 bits per heavy atom. The Morgan fingerprint density at radius 1 is 1.32 bits per heavy atom. The number of likely N-dealkylation sites (N-methyl/N-ethyl adjacent to an activating group) is 1. The maximum Gasteiger partial charge on any atom is 0.225 e. The zero-order valence-electron chi connectivity index (χ0n) is 10.6. The Morgan fingerprint density at radius 3 is 2.89 bits per heavy atom. The molecule has 0 N–H and O–H groups in total. The Kier molecular flexibility index (Phi) is 3.36. The summed E-state index contributed by atoms with van der Waals surface area (Å²) >= 11 is 5.84. The van der Waals surface area contributed by atoms with E-state index in [4.69, 9.17) is 16.3 Å². The van der Waals surface area contributed by atoms with E-state index < -0.39 is 0 Å². The first-order valence-corrected chi connectivity index (χ1v) is 6.52. The summed E-state index contributed by atoms with van der Waals surface area (Å²) in [5.41, 5.74) is 2.10. The van der Waals surface area contributed by atoms with Gasteiger partial charge in [0.15, 0.2) is 0 Å². The van der Waals surface area contributed by atoms with Crippen molar-refractivity contribution in [3.63, 3.8) is 0 Å². The predicted octanol–water partition coefficient (Wildman–Crippen LogP) is 2.70. The molecular formula is C14H14ClN3O. The summed E-state index contributed by atoms with van der Waals surface area (Å²) in [6.07, 6.45) is 1.69. The van der Waals surface area contributed by atoms with Crippen LogP contribution in [0.15, 0.2) is 36.5 Å². The fourth-order valence-corrected chi connectivity index (χ4v) is 2.36. The van der Waals surface area contributed by atoms with Crippen molar-refractivity contribution in [2.45, 2.75) is 12.6 Å². The summed E-state index contributed by atoms with van der Waals surface area (Å²) in [4.78, 5) is 10.4. The van der Waals surface area contributed by atoms with Gasteiger partial charge < -0.3 is 4.74 Å². The molecule has 1 aliphatic rings. The molecule has 0 fully saturated rings. The van der Waals surface area contributed by atoms with E-state index >= 15 is 0 Å². The van der Waals surface area contributed by atoms with Crippen molar-refractivity contribution in [3.8, 4) is 5.88 Å². The Balaban J connectivity index is 1.97. The third kappa shape index (κ3) is 2.69. The van der Waals surface area contributed by atoms with Crippen LogP contribution >= 0.6 is 11.6 Å². The highest BCUT2D eigenvalue weighted by molar-refractivity contribution is 6.28. The molecule has 0 bridgehead atoms. The maximum atomic E-state index is 6.02. The smallest absolute Gasteiger partial charge is 0.225 e. The first-order valence-electron chi connectivity index (χ1n) is 6.14. The third-order valence-electron chi connectivity index (χ3n) is 3.14. The van der Waals surface area contributed by atoms with Crippen LogP contribution in [0.1, 0.15) is 17.2 Å². The van der Waals surface area contributed by atoms with Gasteiger partial charge in [-0.2, -0.15) is 4.98 Å². The van der Waals surface area contributed by atoms with Gasteiger partial charge in [-0.3, -0.25) is 4.90 Å². The molecule has 0 amide bonds. The fraction of sp³-hybridized carbons (Fsp3) is 0.286. The highest BCUT2D eigenvalue weighted by atomic mass is 35.5. The largest absolute Gasteiger partial charge is 0.468 e. The number of ether oxygens (including phenoxy) is 1. The number of nitrogens with zero attached hydrogens (tertiary/aromatic N) is 3. The summed E-state index contributed by atoms with van der Waals surface area (Å²) in [7, 11) is 2.06. The Bertz CT molecular complexity index is 576. The second-order valence-corrected chi connectivity index (χ2v) is 5.02. The molecule has 0 radical (unpaired) electrons. The number of aromatic nitrogens is 2. The minimum absolute atomic E-state index is 0.0431. The molecule has 2 heterocycles. The van der Waals surface area contributed by atoms with Crippen molar-refractivity contribution in [2.75, 3.05) is 13.6 Å². The van der Waals surface area contributed by atoms with Crippen LogP contribution in [0.4, 0.5) is 0 Å². The summed E-state index contributed by atoms with van der Waals surface area (Å²) in [6, 6.07) is 10.1. The van der Waals surface area contributed by atoms with E-state index in [9.17, 15) is 0 Å². The lowest BCUT2D eigenvalue weighted by Gasteiger charge is -2.20. The number of fused-ring (bicyclic) bond motifs is 1. The summed E-state index contributed by atoms with van der Waals surface area (Å²) in [6.45, 7) is 1.56. The monoisotopic (exact) mass is 275 g/mol. The average Bonchev–Trinajstić information content (AvgIpc) is 2.58. The van der Waals surface area contributed by atoms with E-state index in [1.807, 2.05) is 18.2 Å². The van der Waals surface area contributed by atoms with Crippen molar-refractivity contribution < 1.29 is 4.74 Å². The van der Waals surface area contributed by atoms with Crippen LogP contribution in [0.3, 0.4) is 0 Å². The van der Waals surface area contributed by atoms with Gasteiger partial charge in [-0.05, 0) is 24.2 Å². The molecule has 0 saturated heterocycles. The molecule has 2 aromatic rings. The fourth-order valence-electron chi connectivity index (χ4n) is 2.23. The third-order valence-corrected chi connectivity index (χ3v) is 3.32. The first kappa shape index (κ1) is 12.4. The highest BCUT2D eigenvalue weighted by Crippen LogP contribution is 2.29. The zero-order valence-corrected chi connectivity index (χ0v) is 11.3. The lowest BCUT2D eigenvalue weighted by molar-refractivity contribution is 0.160. The Labute approximate surface area is 117 Å². The van der Waals surface area contributed by atoms with Gasteiger partial charge in [0, 0.05) is 24.8 Å². The molecule has 0 spiro atoms. The van der Waals surface area contributed by atoms with Crippen molar-refractivity contribution in [2.24, 2.45) is 0 Å². The van der Waals surface area contributed by atoms with Gasteiger partial charge in [0.25, 0.3) is 0 Å². The molecule has 5 heteroatoms. The van der Waals surface area contributed by atoms with E-state index in [0.717, 1.165) is 24.2 Å². The molecule has 1 atom stereocenters. The molecule has 0 saturated carbocycles. The quantitative estimate of drug-likeness (QED) is 0.750. The van der Waals surface area contributed by atoms with Crippen LogP contribution < -0.4 is 4.74 Å². The lowest BCUT2D eigenvalue weighted by atomic mass is 10.1. The van der Waals surface area contributed by atoms with Crippen molar-refractivity contribution in [3.05, 3.63) is 52.9 Å². The van der Waals surface area contributed by atoms with Crippen molar-refractivity contribution >= 4 is 11.6 Å². The lowest BCUT2D eigenvalue weighted by Crippen LogP contribution is -2.24.